The first-order valence-corrected chi connectivity index (χ1v) is 11.7. The molecule has 1 unspecified atom stereocenters. The SMILES string of the molecule is O=C(N1CCCC(c2nnc3n2CCCCC3)C1)C1(c2ccccc2F)CCCC1. The lowest BCUT2D eigenvalue weighted by atomic mass is 9.76. The van der Waals surface area contributed by atoms with Crippen LogP contribution in [0.2, 0.25) is 0 Å². The lowest BCUT2D eigenvalue weighted by molar-refractivity contribution is -0.138. The first-order chi connectivity index (χ1) is 14.7. The largest absolute Gasteiger partial charge is 0.341 e. The van der Waals surface area contributed by atoms with Crippen molar-refractivity contribution in [3.63, 3.8) is 0 Å². The molecule has 160 valence electrons. The molecule has 1 saturated carbocycles. The van der Waals surface area contributed by atoms with Gasteiger partial charge in [-0.2, -0.15) is 0 Å². The van der Waals surface area contributed by atoms with E-state index in [0.717, 1.165) is 69.7 Å². The lowest BCUT2D eigenvalue weighted by Gasteiger charge is -2.39. The average molecular weight is 411 g/mol. The number of piperidine rings is 1. The van der Waals surface area contributed by atoms with E-state index in [1.165, 1.54) is 25.3 Å². The minimum atomic E-state index is -0.699. The van der Waals surface area contributed by atoms with Crippen LogP contribution in [-0.2, 0) is 23.2 Å². The fraction of sp³-hybridized carbons (Fsp3) is 0.625. The minimum absolute atomic E-state index is 0.116. The Bertz CT molecular complexity index is 918. The van der Waals surface area contributed by atoms with Gasteiger partial charge in [0.25, 0.3) is 0 Å². The van der Waals surface area contributed by atoms with Gasteiger partial charge in [-0.3, -0.25) is 4.79 Å². The number of hydrogen-bond donors (Lipinski definition) is 0. The van der Waals surface area contributed by atoms with E-state index in [9.17, 15) is 9.18 Å². The van der Waals surface area contributed by atoms with Gasteiger partial charge in [0.2, 0.25) is 5.91 Å². The summed E-state index contributed by atoms with van der Waals surface area (Å²) in [5.74, 6) is 2.25. The van der Waals surface area contributed by atoms with Gasteiger partial charge >= 0.3 is 0 Å². The van der Waals surface area contributed by atoms with Gasteiger partial charge in [-0.15, -0.1) is 10.2 Å². The molecular weight excluding hydrogens is 379 g/mol. The van der Waals surface area contributed by atoms with Crippen molar-refractivity contribution in [2.75, 3.05) is 13.1 Å². The highest BCUT2D eigenvalue weighted by atomic mass is 19.1. The van der Waals surface area contributed by atoms with Crippen LogP contribution in [0.15, 0.2) is 24.3 Å². The Labute approximate surface area is 177 Å². The Morgan fingerprint density at radius 2 is 1.83 bits per heavy atom. The Morgan fingerprint density at radius 3 is 2.67 bits per heavy atom. The van der Waals surface area contributed by atoms with Crippen molar-refractivity contribution in [2.45, 2.75) is 82.1 Å². The van der Waals surface area contributed by atoms with E-state index in [0.29, 0.717) is 12.1 Å². The molecule has 2 aliphatic heterocycles. The summed E-state index contributed by atoms with van der Waals surface area (Å²) in [6.45, 7) is 2.42. The summed E-state index contributed by atoms with van der Waals surface area (Å²) in [6, 6.07) is 6.88. The molecule has 30 heavy (non-hydrogen) atoms. The monoisotopic (exact) mass is 410 g/mol. The van der Waals surface area contributed by atoms with Crippen molar-refractivity contribution in [3.05, 3.63) is 47.3 Å². The van der Waals surface area contributed by atoms with Crippen LogP contribution in [0, 0.1) is 5.82 Å². The fourth-order valence-corrected chi connectivity index (χ4v) is 5.91. The molecule has 5 rings (SSSR count). The van der Waals surface area contributed by atoms with Gasteiger partial charge < -0.3 is 9.47 Å². The molecule has 0 radical (unpaired) electrons. The molecule has 1 atom stereocenters. The second-order valence-electron chi connectivity index (χ2n) is 9.30. The average Bonchev–Trinajstić information content (AvgIpc) is 3.36. The van der Waals surface area contributed by atoms with Crippen LogP contribution in [0.1, 0.15) is 80.9 Å². The summed E-state index contributed by atoms with van der Waals surface area (Å²) in [6.07, 6.45) is 10.0. The van der Waals surface area contributed by atoms with Crippen LogP contribution >= 0.6 is 0 Å². The molecule has 1 saturated heterocycles. The third kappa shape index (κ3) is 3.34. The predicted molar refractivity (Wildman–Crippen MR) is 113 cm³/mol. The van der Waals surface area contributed by atoms with Crippen LogP contribution in [0.5, 0.6) is 0 Å². The summed E-state index contributed by atoms with van der Waals surface area (Å²) in [5, 5.41) is 9.03. The molecular formula is C24H31FN4O. The number of hydrogen-bond acceptors (Lipinski definition) is 3. The molecule has 1 aromatic carbocycles. The van der Waals surface area contributed by atoms with E-state index in [4.69, 9.17) is 0 Å². The van der Waals surface area contributed by atoms with Gasteiger partial charge in [-0.05, 0) is 44.6 Å². The fourth-order valence-electron chi connectivity index (χ4n) is 5.91. The van der Waals surface area contributed by atoms with Gasteiger partial charge in [-0.25, -0.2) is 4.39 Å². The van der Waals surface area contributed by atoms with Crippen molar-refractivity contribution in [1.29, 1.82) is 0 Å². The summed E-state index contributed by atoms with van der Waals surface area (Å²) in [7, 11) is 0. The lowest BCUT2D eigenvalue weighted by Crippen LogP contribution is -2.49. The zero-order valence-corrected chi connectivity index (χ0v) is 17.7. The van der Waals surface area contributed by atoms with E-state index in [1.807, 2.05) is 17.0 Å². The first kappa shape index (κ1) is 19.7. The maximum Gasteiger partial charge on any atom is 0.233 e. The molecule has 5 nitrogen and oxygen atoms in total. The molecule has 0 bridgehead atoms. The number of likely N-dealkylation sites (tertiary alicyclic amines) is 1. The van der Waals surface area contributed by atoms with E-state index in [2.05, 4.69) is 14.8 Å². The molecule has 1 aliphatic carbocycles. The molecule has 0 spiro atoms. The van der Waals surface area contributed by atoms with E-state index in [1.54, 1.807) is 6.07 Å². The molecule has 6 heteroatoms. The van der Waals surface area contributed by atoms with Crippen molar-refractivity contribution >= 4 is 5.91 Å². The van der Waals surface area contributed by atoms with E-state index in [-0.39, 0.29) is 17.6 Å². The smallest absolute Gasteiger partial charge is 0.233 e. The standard InChI is InChI=1S/C24H31FN4O/c25-20-11-4-3-10-19(20)24(13-5-6-14-24)23(30)28-15-8-9-18(17-28)22-27-26-21-12-2-1-7-16-29(21)22/h3-4,10-11,18H,1-2,5-9,12-17H2. The molecule has 3 aliphatic rings. The molecule has 3 heterocycles. The van der Waals surface area contributed by atoms with Crippen molar-refractivity contribution < 1.29 is 9.18 Å². The number of amides is 1. The molecule has 0 N–H and O–H groups in total. The number of aromatic nitrogens is 3. The normalized spacial score (nSPS) is 23.8. The summed E-state index contributed by atoms with van der Waals surface area (Å²) >= 11 is 0. The summed E-state index contributed by atoms with van der Waals surface area (Å²) in [4.78, 5) is 15.9. The summed E-state index contributed by atoms with van der Waals surface area (Å²) < 4.78 is 17.1. The van der Waals surface area contributed by atoms with Crippen LogP contribution in [-0.4, -0.2) is 38.7 Å². The number of benzene rings is 1. The number of halogens is 1. The maximum atomic E-state index is 14.7. The van der Waals surface area contributed by atoms with Crippen LogP contribution < -0.4 is 0 Å². The zero-order chi connectivity index (χ0) is 20.6. The number of carbonyl (C=O) groups excluding carboxylic acids is 1. The maximum absolute atomic E-state index is 14.7. The molecule has 2 fully saturated rings. The molecule has 2 aromatic rings. The van der Waals surface area contributed by atoms with Crippen LogP contribution in [0.4, 0.5) is 4.39 Å². The first-order valence-electron chi connectivity index (χ1n) is 11.7. The minimum Gasteiger partial charge on any atom is -0.341 e. The van der Waals surface area contributed by atoms with Crippen molar-refractivity contribution in [2.24, 2.45) is 0 Å². The Balaban J connectivity index is 1.41. The summed E-state index contributed by atoms with van der Waals surface area (Å²) in [5.41, 5.74) is -0.111. The van der Waals surface area contributed by atoms with E-state index < -0.39 is 5.41 Å². The number of rotatable bonds is 3. The zero-order valence-electron chi connectivity index (χ0n) is 17.7. The van der Waals surface area contributed by atoms with Gasteiger partial charge in [-0.1, -0.05) is 37.5 Å². The van der Waals surface area contributed by atoms with Crippen LogP contribution in [0.25, 0.3) is 0 Å². The highest BCUT2D eigenvalue weighted by molar-refractivity contribution is 5.89. The van der Waals surface area contributed by atoms with Gasteiger partial charge in [0.1, 0.15) is 17.5 Å². The van der Waals surface area contributed by atoms with Gasteiger partial charge in [0, 0.05) is 37.5 Å². The highest BCUT2D eigenvalue weighted by Crippen LogP contribution is 2.44. The topological polar surface area (TPSA) is 51.0 Å². The number of carbonyl (C=O) groups is 1. The van der Waals surface area contributed by atoms with Gasteiger partial charge in [0.15, 0.2) is 0 Å². The van der Waals surface area contributed by atoms with Gasteiger partial charge in [0.05, 0.1) is 5.41 Å². The Hall–Kier alpha value is -2.24. The Morgan fingerprint density at radius 1 is 1.00 bits per heavy atom. The molecule has 1 aromatic heterocycles. The van der Waals surface area contributed by atoms with Crippen molar-refractivity contribution in [3.8, 4) is 0 Å². The molecule has 1 amide bonds. The van der Waals surface area contributed by atoms with E-state index >= 15 is 0 Å². The third-order valence-corrected chi connectivity index (χ3v) is 7.47. The number of aryl methyl sites for hydroxylation is 1. The quantitative estimate of drug-likeness (QED) is 0.755. The third-order valence-electron chi connectivity index (χ3n) is 7.47. The predicted octanol–water partition coefficient (Wildman–Crippen LogP) is 4.36. The second-order valence-corrected chi connectivity index (χ2v) is 9.30. The van der Waals surface area contributed by atoms with Crippen molar-refractivity contribution in [1.82, 2.24) is 19.7 Å². The second kappa shape index (κ2) is 8.12. The number of fused-ring (bicyclic) bond motifs is 1. The number of nitrogens with zero attached hydrogens (tertiary/aromatic N) is 4. The highest BCUT2D eigenvalue weighted by Gasteiger charge is 2.47. The Kier molecular flexibility index (Phi) is 5.34. The van der Waals surface area contributed by atoms with Crippen LogP contribution in [0.3, 0.4) is 0 Å².